The number of nitrogens with two attached hydrogens (primary N) is 1. The Morgan fingerprint density at radius 2 is 2.07 bits per heavy atom. The fourth-order valence-corrected chi connectivity index (χ4v) is 1.61. The van der Waals surface area contributed by atoms with Crippen molar-refractivity contribution in [2.24, 2.45) is 7.05 Å². The number of unbranched alkanes of at least 4 members (excludes halogenated alkanes) is 1. The van der Waals surface area contributed by atoms with Crippen LogP contribution in [0, 0.1) is 0 Å². The largest absolute Gasteiger partial charge is 0.394 e. The molecule has 86 valence electrons. The standard InChI is InChI=1S/C11H22N4/c1-4-6-8-13-11-10(12)9(7-5-2)14-15(11)3/h13H,4-8,12H2,1-3H3. The number of anilines is 2. The van der Waals surface area contributed by atoms with Crippen LogP contribution in [0.1, 0.15) is 38.8 Å². The average molecular weight is 210 g/mol. The molecule has 0 bridgehead atoms. The summed E-state index contributed by atoms with van der Waals surface area (Å²) >= 11 is 0. The van der Waals surface area contributed by atoms with E-state index in [1.165, 1.54) is 6.42 Å². The molecule has 4 nitrogen and oxygen atoms in total. The molecule has 0 amide bonds. The van der Waals surface area contributed by atoms with E-state index in [4.69, 9.17) is 5.73 Å². The van der Waals surface area contributed by atoms with E-state index in [0.29, 0.717) is 0 Å². The normalized spacial score (nSPS) is 10.6. The summed E-state index contributed by atoms with van der Waals surface area (Å²) in [5, 5.41) is 7.74. The zero-order valence-corrected chi connectivity index (χ0v) is 10.0. The molecule has 0 radical (unpaired) electrons. The summed E-state index contributed by atoms with van der Waals surface area (Å²) in [6.45, 7) is 5.28. The molecule has 15 heavy (non-hydrogen) atoms. The maximum absolute atomic E-state index is 6.03. The molecule has 0 aromatic carbocycles. The lowest BCUT2D eigenvalue weighted by Crippen LogP contribution is -2.07. The van der Waals surface area contributed by atoms with Gasteiger partial charge in [-0.3, -0.25) is 4.68 Å². The first-order valence-electron chi connectivity index (χ1n) is 5.75. The molecule has 0 saturated carbocycles. The van der Waals surface area contributed by atoms with Gasteiger partial charge >= 0.3 is 0 Å². The van der Waals surface area contributed by atoms with Gasteiger partial charge in [-0.05, 0) is 12.8 Å². The molecular weight excluding hydrogens is 188 g/mol. The number of nitrogens with one attached hydrogen (secondary N) is 1. The van der Waals surface area contributed by atoms with E-state index in [-0.39, 0.29) is 0 Å². The predicted octanol–water partition coefficient (Wildman–Crippen LogP) is 2.17. The van der Waals surface area contributed by atoms with Crippen LogP contribution in [-0.2, 0) is 13.5 Å². The third-order valence-corrected chi connectivity index (χ3v) is 2.47. The van der Waals surface area contributed by atoms with E-state index in [0.717, 1.165) is 43.0 Å². The quantitative estimate of drug-likeness (QED) is 0.707. The van der Waals surface area contributed by atoms with Crippen LogP contribution in [0.2, 0.25) is 0 Å². The van der Waals surface area contributed by atoms with Crippen LogP contribution in [0.3, 0.4) is 0 Å². The van der Waals surface area contributed by atoms with E-state index in [9.17, 15) is 0 Å². The number of nitrogens with zero attached hydrogens (tertiary/aromatic N) is 2. The van der Waals surface area contributed by atoms with Gasteiger partial charge in [0, 0.05) is 13.6 Å². The Kier molecular flexibility index (Phi) is 4.46. The van der Waals surface area contributed by atoms with Gasteiger partial charge < -0.3 is 11.1 Å². The first-order chi connectivity index (χ1) is 7.20. The summed E-state index contributed by atoms with van der Waals surface area (Å²) in [5.41, 5.74) is 7.85. The van der Waals surface area contributed by atoms with Crippen molar-refractivity contribution in [3.63, 3.8) is 0 Å². The van der Waals surface area contributed by atoms with Crippen LogP contribution in [0.5, 0.6) is 0 Å². The molecule has 0 aliphatic rings. The van der Waals surface area contributed by atoms with Crippen LogP contribution < -0.4 is 11.1 Å². The first kappa shape index (κ1) is 11.9. The summed E-state index contributed by atoms with van der Waals surface area (Å²) in [4.78, 5) is 0. The van der Waals surface area contributed by atoms with Gasteiger partial charge in [0.15, 0.2) is 0 Å². The lowest BCUT2D eigenvalue weighted by atomic mass is 10.2. The van der Waals surface area contributed by atoms with Crippen molar-refractivity contribution in [1.82, 2.24) is 9.78 Å². The van der Waals surface area contributed by atoms with Crippen molar-refractivity contribution in [3.8, 4) is 0 Å². The summed E-state index contributed by atoms with van der Waals surface area (Å²) in [5.74, 6) is 0.965. The number of nitrogen functional groups attached to an aromatic ring is 1. The van der Waals surface area contributed by atoms with Crippen LogP contribution in [0.25, 0.3) is 0 Å². The Balaban J connectivity index is 2.69. The highest BCUT2D eigenvalue weighted by molar-refractivity contribution is 5.64. The van der Waals surface area contributed by atoms with Gasteiger partial charge in [-0.1, -0.05) is 26.7 Å². The third-order valence-electron chi connectivity index (χ3n) is 2.47. The first-order valence-corrected chi connectivity index (χ1v) is 5.75. The Bertz CT molecular complexity index is 304. The summed E-state index contributed by atoms with van der Waals surface area (Å²) < 4.78 is 1.84. The van der Waals surface area contributed by atoms with Crippen LogP contribution in [-0.4, -0.2) is 16.3 Å². The molecule has 1 heterocycles. The van der Waals surface area contributed by atoms with Gasteiger partial charge in [-0.2, -0.15) is 5.10 Å². The summed E-state index contributed by atoms with van der Waals surface area (Å²) in [6.07, 6.45) is 4.38. The molecule has 0 unspecified atom stereocenters. The van der Waals surface area contributed by atoms with Crippen molar-refractivity contribution >= 4 is 11.5 Å². The van der Waals surface area contributed by atoms with Gasteiger partial charge in [0.2, 0.25) is 0 Å². The summed E-state index contributed by atoms with van der Waals surface area (Å²) in [7, 11) is 1.93. The maximum atomic E-state index is 6.03. The maximum Gasteiger partial charge on any atom is 0.147 e. The van der Waals surface area contributed by atoms with E-state index in [2.05, 4.69) is 24.3 Å². The second-order valence-electron chi connectivity index (χ2n) is 3.86. The topological polar surface area (TPSA) is 55.9 Å². The second kappa shape index (κ2) is 5.63. The molecular formula is C11H22N4. The molecule has 4 heteroatoms. The second-order valence-corrected chi connectivity index (χ2v) is 3.86. The minimum absolute atomic E-state index is 0.815. The highest BCUT2D eigenvalue weighted by Gasteiger charge is 2.11. The average Bonchev–Trinajstić information content (AvgIpc) is 2.46. The molecule has 0 aliphatic carbocycles. The molecule has 1 aromatic heterocycles. The highest BCUT2D eigenvalue weighted by atomic mass is 15.3. The number of hydrogen-bond acceptors (Lipinski definition) is 3. The lowest BCUT2D eigenvalue weighted by Gasteiger charge is -2.06. The van der Waals surface area contributed by atoms with Crippen LogP contribution in [0.4, 0.5) is 11.5 Å². The molecule has 0 spiro atoms. The SMILES string of the molecule is CCCCNc1c(N)c(CCC)nn1C. The van der Waals surface area contributed by atoms with Crippen LogP contribution in [0.15, 0.2) is 0 Å². The smallest absolute Gasteiger partial charge is 0.147 e. The van der Waals surface area contributed by atoms with Crippen molar-refractivity contribution in [1.29, 1.82) is 0 Å². The minimum atomic E-state index is 0.815. The van der Waals surface area contributed by atoms with E-state index in [1.807, 2.05) is 11.7 Å². The Morgan fingerprint density at radius 1 is 1.33 bits per heavy atom. The van der Waals surface area contributed by atoms with Gasteiger partial charge in [0.1, 0.15) is 5.82 Å². The molecule has 0 saturated heterocycles. The van der Waals surface area contributed by atoms with Gasteiger partial charge in [-0.15, -0.1) is 0 Å². The molecule has 0 fully saturated rings. The Labute approximate surface area is 91.8 Å². The van der Waals surface area contributed by atoms with E-state index >= 15 is 0 Å². The lowest BCUT2D eigenvalue weighted by molar-refractivity contribution is 0.730. The molecule has 1 rings (SSSR count). The van der Waals surface area contributed by atoms with E-state index < -0.39 is 0 Å². The van der Waals surface area contributed by atoms with Crippen molar-refractivity contribution in [2.45, 2.75) is 39.5 Å². The van der Waals surface area contributed by atoms with Gasteiger partial charge in [0.05, 0.1) is 11.4 Å². The summed E-state index contributed by atoms with van der Waals surface area (Å²) in [6, 6.07) is 0. The number of hydrogen-bond donors (Lipinski definition) is 2. The van der Waals surface area contributed by atoms with Gasteiger partial charge in [-0.25, -0.2) is 0 Å². The van der Waals surface area contributed by atoms with E-state index in [1.54, 1.807) is 0 Å². The van der Waals surface area contributed by atoms with Gasteiger partial charge in [0.25, 0.3) is 0 Å². The highest BCUT2D eigenvalue weighted by Crippen LogP contribution is 2.22. The molecule has 0 aliphatic heterocycles. The molecule has 3 N–H and O–H groups in total. The zero-order valence-electron chi connectivity index (χ0n) is 10.0. The monoisotopic (exact) mass is 210 g/mol. The number of rotatable bonds is 6. The fraction of sp³-hybridized carbons (Fsp3) is 0.727. The Hall–Kier alpha value is -1.19. The molecule has 0 atom stereocenters. The number of aryl methyl sites for hydroxylation is 2. The third kappa shape index (κ3) is 2.88. The van der Waals surface area contributed by atoms with Crippen molar-refractivity contribution in [2.75, 3.05) is 17.6 Å². The van der Waals surface area contributed by atoms with Crippen LogP contribution >= 0.6 is 0 Å². The van der Waals surface area contributed by atoms with Crippen molar-refractivity contribution < 1.29 is 0 Å². The number of aromatic nitrogens is 2. The molecule has 1 aromatic rings. The predicted molar refractivity (Wildman–Crippen MR) is 65.0 cm³/mol. The zero-order chi connectivity index (χ0) is 11.3. The minimum Gasteiger partial charge on any atom is -0.394 e. The fourth-order valence-electron chi connectivity index (χ4n) is 1.61. The van der Waals surface area contributed by atoms with Crippen molar-refractivity contribution in [3.05, 3.63) is 5.69 Å². The Morgan fingerprint density at radius 3 is 2.67 bits per heavy atom.